The van der Waals surface area contributed by atoms with E-state index in [1.807, 2.05) is 13.8 Å². The number of quaternary nitrogens is 1. The van der Waals surface area contributed by atoms with Gasteiger partial charge in [-0.15, -0.1) is 0 Å². The summed E-state index contributed by atoms with van der Waals surface area (Å²) in [7, 11) is -1.12. The summed E-state index contributed by atoms with van der Waals surface area (Å²) in [4.78, 5) is 0. The van der Waals surface area contributed by atoms with Gasteiger partial charge in [0.25, 0.3) is 0 Å². The fourth-order valence-corrected chi connectivity index (χ4v) is 3.73. The summed E-state index contributed by atoms with van der Waals surface area (Å²) >= 11 is 0. The Morgan fingerprint density at radius 2 is 1.38 bits per heavy atom. The van der Waals surface area contributed by atoms with Crippen LogP contribution in [0, 0.1) is 0 Å². The van der Waals surface area contributed by atoms with E-state index in [0.29, 0.717) is 19.8 Å². The van der Waals surface area contributed by atoms with E-state index in [9.17, 15) is 4.57 Å². The summed E-state index contributed by atoms with van der Waals surface area (Å²) in [5, 5.41) is 0. The lowest BCUT2D eigenvalue weighted by Crippen LogP contribution is -3.00. The highest BCUT2D eigenvalue weighted by Crippen LogP contribution is 2.49. The van der Waals surface area contributed by atoms with Gasteiger partial charge in [0.05, 0.1) is 33.4 Å². The Labute approximate surface area is 146 Å². The summed E-state index contributed by atoms with van der Waals surface area (Å²) in [6.45, 7) is 8.43. The molecule has 1 heterocycles. The molecule has 0 atom stereocenters. The van der Waals surface area contributed by atoms with Gasteiger partial charge in [0.2, 0.25) is 0 Å². The van der Waals surface area contributed by atoms with Gasteiger partial charge in [0.15, 0.2) is 0 Å². The van der Waals surface area contributed by atoms with Crippen LogP contribution in [0.4, 0.5) is 0 Å². The molecule has 1 aliphatic rings. The third-order valence-corrected chi connectivity index (χ3v) is 5.18. The Kier molecular flexibility index (Phi) is 11.8. The summed E-state index contributed by atoms with van der Waals surface area (Å²) in [6.07, 6.45) is 5.47. The molecule has 1 fully saturated rings. The van der Waals surface area contributed by atoms with Crippen molar-refractivity contribution >= 4 is 7.82 Å². The van der Waals surface area contributed by atoms with Gasteiger partial charge in [-0.2, -0.15) is 0 Å². The molecule has 1 saturated heterocycles. The monoisotopic (exact) mass is 435 g/mol. The van der Waals surface area contributed by atoms with Crippen LogP contribution < -0.4 is 24.0 Å². The smallest absolute Gasteiger partial charge is 0.474 e. The van der Waals surface area contributed by atoms with E-state index in [-0.39, 0.29) is 24.0 Å². The number of likely N-dealkylation sites (tertiary alicyclic amines) is 1. The molecule has 0 aromatic rings. The maximum atomic E-state index is 12.4. The maximum absolute atomic E-state index is 12.4. The predicted octanol–water partition coefficient (Wildman–Crippen LogP) is 0.599. The number of hydrogen-bond donors (Lipinski definition) is 0. The lowest BCUT2D eigenvalue weighted by atomic mass is 10.1. The van der Waals surface area contributed by atoms with Gasteiger partial charge in [-0.05, 0) is 32.1 Å². The normalized spacial score (nSPS) is 18.2. The summed E-state index contributed by atoms with van der Waals surface area (Å²) in [5.74, 6) is 0. The van der Waals surface area contributed by atoms with Gasteiger partial charge < -0.3 is 28.5 Å². The first-order valence-electron chi connectivity index (χ1n) is 7.91. The van der Waals surface area contributed by atoms with Crippen LogP contribution in [0.5, 0.6) is 0 Å². The van der Waals surface area contributed by atoms with Crippen molar-refractivity contribution in [3.63, 3.8) is 0 Å². The first-order valence-corrected chi connectivity index (χ1v) is 9.37. The zero-order valence-corrected chi connectivity index (χ0v) is 16.7. The molecule has 0 bridgehead atoms. The van der Waals surface area contributed by atoms with Gasteiger partial charge in [0.1, 0.15) is 13.2 Å². The molecule has 0 aromatic carbocycles. The van der Waals surface area contributed by atoms with E-state index in [1.54, 1.807) is 0 Å². The highest BCUT2D eigenvalue weighted by atomic mass is 127. The second-order valence-electron chi connectivity index (χ2n) is 5.80. The predicted molar refractivity (Wildman–Crippen MR) is 80.7 cm³/mol. The minimum absolute atomic E-state index is 0. The van der Waals surface area contributed by atoms with Crippen molar-refractivity contribution < 1.29 is 46.6 Å². The number of likely N-dealkylation sites (N-methyl/N-ethyl adjacent to an activating group) is 1. The Hall–Kier alpha value is 0.800. The molecule has 1 aliphatic heterocycles. The number of phosphoric acid groups is 1. The maximum Gasteiger partial charge on any atom is 0.474 e. The van der Waals surface area contributed by atoms with Crippen LogP contribution in [0.2, 0.25) is 0 Å². The standard InChI is InChI=1S/C14H31NO4P.HI/c1-4-12-17-20(16,18-13-5-2)19-14-11-15(3)9-7-6-8-10-15;/h4-14H2,1-3H3;1H/q+1;/p-1. The number of hydrogen-bond acceptors (Lipinski definition) is 4. The number of nitrogens with zero attached hydrogens (tertiary/aromatic N) is 1. The Morgan fingerprint density at radius 3 is 1.86 bits per heavy atom. The third-order valence-electron chi connectivity index (χ3n) is 3.68. The molecular formula is C14H31INO4P. The van der Waals surface area contributed by atoms with Crippen molar-refractivity contribution in [2.24, 2.45) is 0 Å². The number of phosphoric ester groups is 1. The van der Waals surface area contributed by atoms with E-state index in [4.69, 9.17) is 13.6 Å². The SMILES string of the molecule is CCCOP(=O)(OCCC)OCC[N+]1(C)CCCCC1.[I-]. The molecular weight excluding hydrogens is 404 g/mol. The Bertz CT molecular complexity index is 299. The van der Waals surface area contributed by atoms with Gasteiger partial charge in [-0.3, -0.25) is 13.6 Å². The highest BCUT2D eigenvalue weighted by molar-refractivity contribution is 7.48. The van der Waals surface area contributed by atoms with Crippen LogP contribution in [0.15, 0.2) is 0 Å². The molecule has 0 radical (unpaired) electrons. The van der Waals surface area contributed by atoms with Crippen LogP contribution in [0.1, 0.15) is 46.0 Å². The topological polar surface area (TPSA) is 44.8 Å². The van der Waals surface area contributed by atoms with E-state index >= 15 is 0 Å². The largest absolute Gasteiger partial charge is 1.00 e. The van der Waals surface area contributed by atoms with Crippen molar-refractivity contribution in [2.45, 2.75) is 46.0 Å². The van der Waals surface area contributed by atoms with Crippen LogP contribution in [-0.4, -0.2) is 51.0 Å². The molecule has 7 heteroatoms. The second-order valence-corrected chi connectivity index (χ2v) is 7.47. The zero-order chi connectivity index (χ0) is 14.9. The lowest BCUT2D eigenvalue weighted by molar-refractivity contribution is -0.914. The van der Waals surface area contributed by atoms with Crippen molar-refractivity contribution in [2.75, 3.05) is 46.5 Å². The molecule has 21 heavy (non-hydrogen) atoms. The minimum atomic E-state index is -3.36. The number of halogens is 1. The van der Waals surface area contributed by atoms with Crippen molar-refractivity contribution in [1.29, 1.82) is 0 Å². The fourth-order valence-electron chi connectivity index (χ4n) is 2.39. The molecule has 5 nitrogen and oxygen atoms in total. The van der Waals surface area contributed by atoms with Crippen molar-refractivity contribution in [1.82, 2.24) is 0 Å². The summed E-state index contributed by atoms with van der Waals surface area (Å²) in [6, 6.07) is 0. The first kappa shape index (κ1) is 21.8. The Balaban J connectivity index is 0.00000400. The molecule has 1 rings (SSSR count). The Morgan fingerprint density at radius 1 is 0.905 bits per heavy atom. The van der Waals surface area contributed by atoms with Gasteiger partial charge >= 0.3 is 7.82 Å². The van der Waals surface area contributed by atoms with E-state index in [2.05, 4.69) is 7.05 Å². The molecule has 0 N–H and O–H groups in total. The number of piperidine rings is 1. The highest BCUT2D eigenvalue weighted by Gasteiger charge is 2.29. The summed E-state index contributed by atoms with van der Waals surface area (Å²) < 4.78 is 29.5. The molecule has 0 aromatic heterocycles. The van der Waals surface area contributed by atoms with Crippen molar-refractivity contribution in [3.8, 4) is 0 Å². The average molecular weight is 435 g/mol. The van der Waals surface area contributed by atoms with Crippen molar-refractivity contribution in [3.05, 3.63) is 0 Å². The van der Waals surface area contributed by atoms with Crippen LogP contribution >= 0.6 is 7.82 Å². The van der Waals surface area contributed by atoms with E-state index < -0.39 is 7.82 Å². The molecule has 0 amide bonds. The first-order chi connectivity index (χ1) is 9.54. The number of rotatable bonds is 10. The van der Waals surface area contributed by atoms with Gasteiger partial charge in [-0.1, -0.05) is 13.8 Å². The van der Waals surface area contributed by atoms with Crippen LogP contribution in [0.25, 0.3) is 0 Å². The van der Waals surface area contributed by atoms with E-state index in [0.717, 1.165) is 23.9 Å². The zero-order valence-electron chi connectivity index (χ0n) is 13.7. The fraction of sp³-hybridized carbons (Fsp3) is 1.00. The van der Waals surface area contributed by atoms with Gasteiger partial charge in [0, 0.05) is 0 Å². The van der Waals surface area contributed by atoms with Crippen LogP contribution in [0.3, 0.4) is 0 Å². The summed E-state index contributed by atoms with van der Waals surface area (Å²) in [5.41, 5.74) is 0. The third kappa shape index (κ3) is 8.86. The molecule has 0 unspecified atom stereocenters. The van der Waals surface area contributed by atoms with Gasteiger partial charge in [-0.25, -0.2) is 4.57 Å². The molecule has 0 saturated carbocycles. The average Bonchev–Trinajstić information content (AvgIpc) is 2.44. The second kappa shape index (κ2) is 11.4. The molecule has 128 valence electrons. The molecule has 0 aliphatic carbocycles. The van der Waals surface area contributed by atoms with E-state index in [1.165, 1.54) is 32.4 Å². The lowest BCUT2D eigenvalue weighted by Gasteiger charge is -2.37. The minimum Gasteiger partial charge on any atom is -1.00 e. The van der Waals surface area contributed by atoms with Crippen LogP contribution in [-0.2, 0) is 18.1 Å². The molecule has 0 spiro atoms. The quantitative estimate of drug-likeness (QED) is 0.287.